The summed E-state index contributed by atoms with van der Waals surface area (Å²) < 4.78 is 0. The summed E-state index contributed by atoms with van der Waals surface area (Å²) in [5.74, 6) is 0. The molecule has 0 unspecified atom stereocenters. The van der Waals surface area contributed by atoms with Crippen LogP contribution in [0.25, 0.3) is 0 Å². The van der Waals surface area contributed by atoms with E-state index in [2.05, 4.69) is 6.08 Å². The van der Waals surface area contributed by atoms with Crippen LogP contribution in [-0.2, 0) is 0 Å². The molecule has 4 N–H and O–H groups in total. The summed E-state index contributed by atoms with van der Waals surface area (Å²) in [6.07, 6.45) is 6.73. The summed E-state index contributed by atoms with van der Waals surface area (Å²) in [6, 6.07) is 0. The largest absolute Gasteiger partial charge is 0.316 e. The van der Waals surface area contributed by atoms with Gasteiger partial charge in [-0.3, -0.25) is 0 Å². The molecule has 0 bridgehead atoms. The highest BCUT2D eigenvalue weighted by atomic mass is 14.8. The van der Waals surface area contributed by atoms with Crippen LogP contribution in [0.5, 0.6) is 0 Å². The van der Waals surface area contributed by atoms with Crippen LogP contribution in [0.2, 0.25) is 0 Å². The molecule has 1 rings (SSSR count). The van der Waals surface area contributed by atoms with Crippen LogP contribution in [0, 0.1) is 0 Å². The van der Waals surface area contributed by atoms with Gasteiger partial charge in [0.05, 0.1) is 6.17 Å². The van der Waals surface area contributed by atoms with Crippen molar-refractivity contribution in [2.75, 3.05) is 0 Å². The molecule has 52 valence electrons. The van der Waals surface area contributed by atoms with Crippen LogP contribution in [0.3, 0.4) is 0 Å². The van der Waals surface area contributed by atoms with Crippen molar-refractivity contribution in [2.45, 2.75) is 31.8 Å². The number of nitrogens with two attached hydrogens (primary N) is 2. The van der Waals surface area contributed by atoms with E-state index in [9.17, 15) is 0 Å². The van der Waals surface area contributed by atoms with Gasteiger partial charge in [0.25, 0.3) is 0 Å². The summed E-state index contributed by atoms with van der Waals surface area (Å²) in [4.78, 5) is 0. The smallest absolute Gasteiger partial charge is 0.0559 e. The molecule has 0 amide bonds. The van der Waals surface area contributed by atoms with E-state index in [-0.39, 0.29) is 6.17 Å². The topological polar surface area (TPSA) is 52.0 Å². The molecule has 1 aliphatic carbocycles. The third-order valence-electron chi connectivity index (χ3n) is 1.63. The van der Waals surface area contributed by atoms with Gasteiger partial charge in [0.15, 0.2) is 0 Å². The molecule has 0 fully saturated rings. The molecule has 0 aliphatic heterocycles. The minimum Gasteiger partial charge on any atom is -0.316 e. The third-order valence-corrected chi connectivity index (χ3v) is 1.63. The molecule has 9 heavy (non-hydrogen) atoms. The second-order valence-electron chi connectivity index (χ2n) is 2.62. The molecule has 1 aliphatic rings. The molecule has 0 atom stereocenters. The molecule has 0 radical (unpaired) electrons. The maximum Gasteiger partial charge on any atom is 0.0559 e. The van der Waals surface area contributed by atoms with E-state index >= 15 is 0 Å². The normalized spacial score (nSPS) is 18.8. The monoisotopic (exact) mass is 126 g/mol. The predicted octanol–water partition coefficient (Wildman–Crippen LogP) is 0.730. The summed E-state index contributed by atoms with van der Waals surface area (Å²) >= 11 is 0. The van der Waals surface area contributed by atoms with E-state index < -0.39 is 0 Å². The highest BCUT2D eigenvalue weighted by Gasteiger charge is 2.05. The van der Waals surface area contributed by atoms with Gasteiger partial charge in [0.2, 0.25) is 0 Å². The first-order valence-electron chi connectivity index (χ1n) is 3.48. The van der Waals surface area contributed by atoms with Crippen LogP contribution >= 0.6 is 0 Å². The first kappa shape index (κ1) is 6.78. The minimum atomic E-state index is -0.144. The van der Waals surface area contributed by atoms with Gasteiger partial charge < -0.3 is 11.5 Å². The number of hydrogen-bond donors (Lipinski definition) is 2. The molecular weight excluding hydrogens is 112 g/mol. The van der Waals surface area contributed by atoms with E-state index in [0.29, 0.717) is 0 Å². The lowest BCUT2D eigenvalue weighted by atomic mass is 10.1. The highest BCUT2D eigenvalue weighted by molar-refractivity contribution is 5.08. The Labute approximate surface area is 55.9 Å². The van der Waals surface area contributed by atoms with E-state index in [4.69, 9.17) is 11.5 Å². The molecule has 2 heteroatoms. The lowest BCUT2D eigenvalue weighted by Gasteiger charge is -2.04. The highest BCUT2D eigenvalue weighted by Crippen LogP contribution is 2.20. The van der Waals surface area contributed by atoms with Gasteiger partial charge in [-0.1, -0.05) is 11.6 Å². The molecular formula is C7H14N2. The Balaban J connectivity index is 2.26. The van der Waals surface area contributed by atoms with Crippen molar-refractivity contribution in [3.05, 3.63) is 11.6 Å². The Bertz CT molecular complexity index is 116. The van der Waals surface area contributed by atoms with Crippen molar-refractivity contribution in [3.8, 4) is 0 Å². The molecule has 0 aromatic carbocycles. The van der Waals surface area contributed by atoms with E-state index in [1.54, 1.807) is 0 Å². The number of hydrogen-bond acceptors (Lipinski definition) is 2. The van der Waals surface area contributed by atoms with Crippen LogP contribution in [0.1, 0.15) is 25.7 Å². The maximum atomic E-state index is 5.41. The fourth-order valence-corrected chi connectivity index (χ4v) is 1.23. The fourth-order valence-electron chi connectivity index (χ4n) is 1.23. The molecule has 0 spiro atoms. The first-order chi connectivity index (χ1) is 4.29. The predicted molar refractivity (Wildman–Crippen MR) is 38.7 cm³/mol. The van der Waals surface area contributed by atoms with Gasteiger partial charge >= 0.3 is 0 Å². The molecule has 0 saturated carbocycles. The number of rotatable bonds is 2. The van der Waals surface area contributed by atoms with E-state index in [1.807, 2.05) is 0 Å². The minimum absolute atomic E-state index is 0.144. The zero-order chi connectivity index (χ0) is 6.69. The summed E-state index contributed by atoms with van der Waals surface area (Å²) in [5.41, 5.74) is 12.3. The summed E-state index contributed by atoms with van der Waals surface area (Å²) in [6.45, 7) is 0. The van der Waals surface area contributed by atoms with Gasteiger partial charge in [-0.2, -0.15) is 0 Å². The van der Waals surface area contributed by atoms with Crippen LogP contribution in [-0.4, -0.2) is 6.17 Å². The third kappa shape index (κ3) is 2.16. The van der Waals surface area contributed by atoms with Crippen LogP contribution in [0.4, 0.5) is 0 Å². The Kier molecular flexibility index (Phi) is 2.25. The van der Waals surface area contributed by atoms with E-state index in [1.165, 1.54) is 24.8 Å². The Morgan fingerprint density at radius 1 is 1.56 bits per heavy atom. The van der Waals surface area contributed by atoms with Crippen molar-refractivity contribution >= 4 is 0 Å². The first-order valence-corrected chi connectivity index (χ1v) is 3.48. The van der Waals surface area contributed by atoms with Gasteiger partial charge in [-0.05, 0) is 25.7 Å². The van der Waals surface area contributed by atoms with Crippen molar-refractivity contribution in [2.24, 2.45) is 11.5 Å². The molecule has 0 heterocycles. The van der Waals surface area contributed by atoms with Gasteiger partial charge in [-0.15, -0.1) is 0 Å². The second kappa shape index (κ2) is 2.99. The quantitative estimate of drug-likeness (QED) is 0.423. The van der Waals surface area contributed by atoms with Crippen molar-refractivity contribution < 1.29 is 0 Å². The second-order valence-corrected chi connectivity index (χ2v) is 2.62. The summed E-state index contributed by atoms with van der Waals surface area (Å²) in [7, 11) is 0. The Hall–Kier alpha value is -0.340. The molecule has 2 nitrogen and oxygen atoms in total. The van der Waals surface area contributed by atoms with Gasteiger partial charge in [0.1, 0.15) is 0 Å². The fraction of sp³-hybridized carbons (Fsp3) is 0.714. The van der Waals surface area contributed by atoms with Gasteiger partial charge in [-0.25, -0.2) is 0 Å². The average molecular weight is 126 g/mol. The number of allylic oxidation sites excluding steroid dienone is 1. The zero-order valence-corrected chi connectivity index (χ0v) is 5.64. The lowest BCUT2D eigenvalue weighted by Crippen LogP contribution is -2.30. The van der Waals surface area contributed by atoms with Crippen molar-refractivity contribution in [1.29, 1.82) is 0 Å². The average Bonchev–Trinajstić information content (AvgIpc) is 2.15. The Morgan fingerprint density at radius 2 is 2.33 bits per heavy atom. The van der Waals surface area contributed by atoms with E-state index in [0.717, 1.165) is 6.42 Å². The van der Waals surface area contributed by atoms with Crippen LogP contribution in [0.15, 0.2) is 11.6 Å². The maximum absolute atomic E-state index is 5.41. The molecule has 0 aromatic heterocycles. The SMILES string of the molecule is NC(N)CC1=CCCC1. The van der Waals surface area contributed by atoms with Gasteiger partial charge in [0, 0.05) is 0 Å². The standard InChI is InChI=1S/C7H14N2/c8-7(9)5-6-3-1-2-4-6/h3,7H,1-2,4-5,8-9H2. The molecule has 0 saturated heterocycles. The molecule has 0 aromatic rings. The zero-order valence-electron chi connectivity index (χ0n) is 5.64. The van der Waals surface area contributed by atoms with Crippen molar-refractivity contribution in [3.63, 3.8) is 0 Å². The Morgan fingerprint density at radius 3 is 2.78 bits per heavy atom. The van der Waals surface area contributed by atoms with Crippen LogP contribution < -0.4 is 11.5 Å². The van der Waals surface area contributed by atoms with Crippen molar-refractivity contribution in [1.82, 2.24) is 0 Å². The summed E-state index contributed by atoms with van der Waals surface area (Å²) in [5, 5.41) is 0. The lowest BCUT2D eigenvalue weighted by molar-refractivity contribution is 0.682.